The van der Waals surface area contributed by atoms with Gasteiger partial charge in [-0.15, -0.1) is 24.8 Å². The number of anilines is 1. The van der Waals surface area contributed by atoms with Crippen LogP contribution in [-0.4, -0.2) is 26.5 Å². The van der Waals surface area contributed by atoms with Crippen LogP contribution in [-0.2, 0) is 4.79 Å². The van der Waals surface area contributed by atoms with Crippen molar-refractivity contribution in [3.05, 3.63) is 48.9 Å². The standard InChI is InChI=1S/C20H21N5O.2ClH/c21-19-13-6-5-12(9-13)18(19)20(26)24-14-7-8-17(22-10-14)25-11-23-15-3-1-2-4-16(15)25;;/h1-4,7-8,10-13,18-19H,5-6,9,21H2,(H,24,26);2*1H. The Kier molecular flexibility index (Phi) is 5.93. The molecule has 28 heavy (non-hydrogen) atoms. The molecule has 2 heterocycles. The molecule has 2 aliphatic carbocycles. The second kappa shape index (κ2) is 8.07. The molecule has 3 aromatic rings. The molecule has 0 radical (unpaired) electrons. The molecule has 0 saturated heterocycles. The monoisotopic (exact) mass is 419 g/mol. The van der Waals surface area contributed by atoms with Gasteiger partial charge in [-0.2, -0.15) is 0 Å². The van der Waals surface area contributed by atoms with Crippen molar-refractivity contribution in [3.63, 3.8) is 0 Å². The number of hydrogen-bond acceptors (Lipinski definition) is 4. The van der Waals surface area contributed by atoms with Crippen LogP contribution in [0.1, 0.15) is 19.3 Å². The number of fused-ring (bicyclic) bond motifs is 3. The number of pyridine rings is 1. The molecule has 4 atom stereocenters. The Morgan fingerprint density at radius 3 is 2.57 bits per heavy atom. The summed E-state index contributed by atoms with van der Waals surface area (Å²) in [5.41, 5.74) is 8.91. The van der Waals surface area contributed by atoms with Crippen LogP contribution in [0.5, 0.6) is 0 Å². The van der Waals surface area contributed by atoms with Gasteiger partial charge in [-0.1, -0.05) is 12.1 Å². The van der Waals surface area contributed by atoms with Crippen LogP contribution in [0.4, 0.5) is 5.69 Å². The fourth-order valence-corrected chi connectivity index (χ4v) is 4.69. The first-order valence-corrected chi connectivity index (χ1v) is 9.15. The van der Waals surface area contributed by atoms with Crippen molar-refractivity contribution < 1.29 is 4.79 Å². The zero-order chi connectivity index (χ0) is 17.7. The van der Waals surface area contributed by atoms with Gasteiger partial charge in [0.2, 0.25) is 5.91 Å². The molecule has 0 spiro atoms. The number of benzene rings is 1. The van der Waals surface area contributed by atoms with Crippen molar-refractivity contribution in [2.24, 2.45) is 23.5 Å². The molecule has 0 aliphatic heterocycles. The Hall–Kier alpha value is -2.15. The molecule has 2 aromatic heterocycles. The average molecular weight is 420 g/mol. The molecular formula is C20H23Cl2N5O. The summed E-state index contributed by atoms with van der Waals surface area (Å²) in [6.45, 7) is 0. The van der Waals surface area contributed by atoms with Gasteiger partial charge in [0.15, 0.2) is 0 Å². The minimum absolute atomic E-state index is 0. The van der Waals surface area contributed by atoms with Gasteiger partial charge in [-0.25, -0.2) is 9.97 Å². The minimum atomic E-state index is -0.0639. The number of carbonyl (C=O) groups is 1. The summed E-state index contributed by atoms with van der Waals surface area (Å²) >= 11 is 0. The van der Waals surface area contributed by atoms with Crippen molar-refractivity contribution in [1.29, 1.82) is 0 Å². The number of nitrogens with one attached hydrogen (secondary N) is 1. The number of amides is 1. The van der Waals surface area contributed by atoms with Crippen molar-refractivity contribution >= 4 is 47.4 Å². The first-order valence-electron chi connectivity index (χ1n) is 9.15. The molecule has 1 amide bonds. The molecule has 6 nitrogen and oxygen atoms in total. The number of rotatable bonds is 3. The Labute approximate surface area is 175 Å². The predicted molar refractivity (Wildman–Crippen MR) is 114 cm³/mol. The molecule has 2 saturated carbocycles. The molecule has 5 rings (SSSR count). The summed E-state index contributed by atoms with van der Waals surface area (Å²) in [6.07, 6.45) is 6.86. The van der Waals surface area contributed by atoms with E-state index in [9.17, 15) is 4.79 Å². The quantitative estimate of drug-likeness (QED) is 0.678. The van der Waals surface area contributed by atoms with E-state index in [1.165, 1.54) is 6.42 Å². The van der Waals surface area contributed by atoms with Gasteiger partial charge in [-0.05, 0) is 55.4 Å². The van der Waals surface area contributed by atoms with E-state index in [0.29, 0.717) is 17.5 Å². The largest absolute Gasteiger partial charge is 0.327 e. The van der Waals surface area contributed by atoms with Gasteiger partial charge in [0.25, 0.3) is 0 Å². The van der Waals surface area contributed by atoms with Crippen molar-refractivity contribution in [2.45, 2.75) is 25.3 Å². The number of hydrogen-bond donors (Lipinski definition) is 2. The number of nitrogens with zero attached hydrogens (tertiary/aromatic N) is 3. The third-order valence-electron chi connectivity index (χ3n) is 6.00. The smallest absolute Gasteiger partial charge is 0.229 e. The van der Waals surface area contributed by atoms with Crippen LogP contribution in [0.25, 0.3) is 16.9 Å². The van der Waals surface area contributed by atoms with Crippen molar-refractivity contribution in [3.8, 4) is 5.82 Å². The molecule has 1 aromatic carbocycles. The lowest BCUT2D eigenvalue weighted by Crippen LogP contribution is -2.42. The summed E-state index contributed by atoms with van der Waals surface area (Å²) in [5.74, 6) is 1.71. The molecule has 148 valence electrons. The van der Waals surface area contributed by atoms with E-state index in [-0.39, 0.29) is 42.7 Å². The maximum atomic E-state index is 12.7. The molecule has 2 bridgehead atoms. The molecule has 2 fully saturated rings. The third-order valence-corrected chi connectivity index (χ3v) is 6.00. The molecular weight excluding hydrogens is 397 g/mol. The topological polar surface area (TPSA) is 85.8 Å². The highest BCUT2D eigenvalue weighted by Crippen LogP contribution is 2.47. The van der Waals surface area contributed by atoms with E-state index in [2.05, 4.69) is 15.3 Å². The summed E-state index contributed by atoms with van der Waals surface area (Å²) in [4.78, 5) is 21.6. The first-order chi connectivity index (χ1) is 12.7. The van der Waals surface area contributed by atoms with Gasteiger partial charge < -0.3 is 11.1 Å². The second-order valence-electron chi connectivity index (χ2n) is 7.43. The van der Waals surface area contributed by atoms with E-state index in [1.54, 1.807) is 12.5 Å². The first kappa shape index (κ1) is 20.6. The lowest BCUT2D eigenvalue weighted by atomic mass is 9.84. The number of nitrogens with two attached hydrogens (primary N) is 1. The van der Waals surface area contributed by atoms with E-state index in [4.69, 9.17) is 5.73 Å². The number of para-hydroxylation sites is 2. The Bertz CT molecular complexity index is 972. The van der Waals surface area contributed by atoms with E-state index in [1.807, 2.05) is 41.0 Å². The minimum Gasteiger partial charge on any atom is -0.327 e. The van der Waals surface area contributed by atoms with E-state index < -0.39 is 0 Å². The zero-order valence-electron chi connectivity index (χ0n) is 15.2. The fourth-order valence-electron chi connectivity index (χ4n) is 4.69. The van der Waals surface area contributed by atoms with E-state index in [0.717, 1.165) is 29.7 Å². The van der Waals surface area contributed by atoms with Gasteiger partial charge in [-0.3, -0.25) is 9.36 Å². The van der Waals surface area contributed by atoms with Crippen LogP contribution >= 0.6 is 24.8 Å². The Morgan fingerprint density at radius 1 is 1.07 bits per heavy atom. The van der Waals surface area contributed by atoms with Gasteiger partial charge in [0.1, 0.15) is 12.1 Å². The van der Waals surface area contributed by atoms with Crippen LogP contribution in [0.15, 0.2) is 48.9 Å². The van der Waals surface area contributed by atoms with Gasteiger partial charge in [0.05, 0.1) is 28.8 Å². The fraction of sp³-hybridized carbons (Fsp3) is 0.350. The molecule has 2 aliphatic rings. The molecule has 8 heteroatoms. The maximum Gasteiger partial charge on any atom is 0.229 e. The van der Waals surface area contributed by atoms with Crippen molar-refractivity contribution in [2.75, 3.05) is 5.32 Å². The highest BCUT2D eigenvalue weighted by Gasteiger charge is 2.49. The van der Waals surface area contributed by atoms with Crippen LogP contribution in [0, 0.1) is 17.8 Å². The van der Waals surface area contributed by atoms with Crippen LogP contribution in [0.3, 0.4) is 0 Å². The summed E-state index contributed by atoms with van der Waals surface area (Å²) in [6, 6.07) is 11.7. The Morgan fingerprint density at radius 2 is 1.86 bits per heavy atom. The number of halogens is 2. The van der Waals surface area contributed by atoms with Crippen LogP contribution < -0.4 is 11.1 Å². The summed E-state index contributed by atoms with van der Waals surface area (Å²) in [7, 11) is 0. The van der Waals surface area contributed by atoms with Gasteiger partial charge in [0, 0.05) is 6.04 Å². The van der Waals surface area contributed by atoms with Crippen molar-refractivity contribution in [1.82, 2.24) is 14.5 Å². The highest BCUT2D eigenvalue weighted by molar-refractivity contribution is 5.93. The lowest BCUT2D eigenvalue weighted by Gasteiger charge is -2.26. The second-order valence-corrected chi connectivity index (χ2v) is 7.43. The normalized spacial score (nSPS) is 25.2. The van der Waals surface area contributed by atoms with Gasteiger partial charge >= 0.3 is 0 Å². The SMILES string of the molecule is Cl.Cl.NC1C2CCC(C2)C1C(=O)Nc1ccc(-n2cnc3ccccc32)nc1. The zero-order valence-corrected chi connectivity index (χ0v) is 16.8. The molecule has 3 N–H and O–H groups in total. The highest BCUT2D eigenvalue weighted by atomic mass is 35.5. The number of imidazole rings is 1. The maximum absolute atomic E-state index is 12.7. The lowest BCUT2D eigenvalue weighted by molar-refractivity contribution is -0.121. The Balaban J connectivity index is 0.00000112. The third kappa shape index (κ3) is 3.36. The summed E-state index contributed by atoms with van der Waals surface area (Å²) < 4.78 is 1.94. The average Bonchev–Trinajstić information content (AvgIpc) is 3.36. The van der Waals surface area contributed by atoms with Crippen LogP contribution in [0.2, 0.25) is 0 Å². The molecule has 4 unspecified atom stereocenters. The number of aromatic nitrogens is 3. The number of carbonyl (C=O) groups excluding carboxylic acids is 1. The van der Waals surface area contributed by atoms with E-state index >= 15 is 0 Å². The summed E-state index contributed by atoms with van der Waals surface area (Å²) in [5, 5.41) is 3.00. The predicted octanol–water partition coefficient (Wildman–Crippen LogP) is 3.58.